The van der Waals surface area contributed by atoms with Gasteiger partial charge in [-0.25, -0.2) is 0 Å². The van der Waals surface area contributed by atoms with Crippen molar-refractivity contribution in [1.82, 2.24) is 0 Å². The zero-order valence-electron chi connectivity index (χ0n) is 10.1. The average molecular weight is 251 g/mol. The summed E-state index contributed by atoms with van der Waals surface area (Å²) in [6, 6.07) is 4.23. The molecular formula is C13H17NO2S. The molecule has 0 spiro atoms. The lowest BCUT2D eigenvalue weighted by molar-refractivity contribution is 0.170. The molecule has 0 saturated carbocycles. The van der Waals surface area contributed by atoms with Crippen LogP contribution in [-0.2, 0) is 0 Å². The molecule has 2 aliphatic heterocycles. The highest BCUT2D eigenvalue weighted by Gasteiger charge is 2.31. The van der Waals surface area contributed by atoms with Gasteiger partial charge in [0.25, 0.3) is 0 Å². The van der Waals surface area contributed by atoms with Gasteiger partial charge in [-0.05, 0) is 23.6 Å². The van der Waals surface area contributed by atoms with Crippen LogP contribution in [-0.4, -0.2) is 18.5 Å². The Bertz CT molecular complexity index is 449. The number of hydrogen-bond acceptors (Lipinski definition) is 4. The van der Waals surface area contributed by atoms with Gasteiger partial charge < -0.3 is 15.2 Å². The van der Waals surface area contributed by atoms with Crippen molar-refractivity contribution in [3.8, 4) is 11.5 Å². The molecule has 0 fully saturated rings. The molecule has 0 radical (unpaired) electrons. The predicted octanol–water partition coefficient (Wildman–Crippen LogP) is 2.59. The van der Waals surface area contributed by atoms with Crippen molar-refractivity contribution in [3.63, 3.8) is 0 Å². The highest BCUT2D eigenvalue weighted by molar-refractivity contribution is 8.00. The van der Waals surface area contributed by atoms with E-state index in [0.717, 1.165) is 11.5 Å². The van der Waals surface area contributed by atoms with Gasteiger partial charge in [0.2, 0.25) is 0 Å². The minimum absolute atomic E-state index is 0.0945. The Morgan fingerprint density at radius 2 is 1.82 bits per heavy atom. The number of rotatable bonds is 0. The zero-order valence-corrected chi connectivity index (χ0v) is 10.9. The fourth-order valence-electron chi connectivity index (χ4n) is 2.33. The molecule has 0 aliphatic carbocycles. The van der Waals surface area contributed by atoms with Crippen LogP contribution in [0.2, 0.25) is 0 Å². The van der Waals surface area contributed by atoms with E-state index < -0.39 is 0 Å². The molecule has 3 rings (SSSR count). The largest absolute Gasteiger partial charge is 0.486 e. The van der Waals surface area contributed by atoms with Gasteiger partial charge in [0.05, 0.1) is 0 Å². The summed E-state index contributed by atoms with van der Waals surface area (Å²) in [6.07, 6.45) is 0. The van der Waals surface area contributed by atoms with E-state index in [4.69, 9.17) is 15.2 Å². The number of benzene rings is 1. The Morgan fingerprint density at radius 3 is 2.53 bits per heavy atom. The molecule has 0 amide bonds. The first-order valence-electron chi connectivity index (χ1n) is 6.02. The third kappa shape index (κ3) is 1.79. The first kappa shape index (κ1) is 11.2. The summed E-state index contributed by atoms with van der Waals surface area (Å²) >= 11 is 1.88. The van der Waals surface area contributed by atoms with Gasteiger partial charge in [0.15, 0.2) is 11.5 Å². The normalized spacial score (nSPS) is 30.9. The van der Waals surface area contributed by atoms with Gasteiger partial charge in [-0.3, -0.25) is 0 Å². The third-order valence-electron chi connectivity index (χ3n) is 3.65. The van der Waals surface area contributed by atoms with Crippen LogP contribution in [0.5, 0.6) is 11.5 Å². The van der Waals surface area contributed by atoms with Gasteiger partial charge in [-0.2, -0.15) is 0 Å². The van der Waals surface area contributed by atoms with E-state index in [0.29, 0.717) is 24.4 Å². The maximum Gasteiger partial charge on any atom is 0.162 e. The van der Waals surface area contributed by atoms with E-state index in [-0.39, 0.29) is 6.04 Å². The lowest BCUT2D eigenvalue weighted by Gasteiger charge is -2.34. The molecule has 1 aromatic carbocycles. The molecule has 0 bridgehead atoms. The van der Waals surface area contributed by atoms with Crippen molar-refractivity contribution in [2.75, 3.05) is 13.2 Å². The Kier molecular flexibility index (Phi) is 2.71. The summed E-state index contributed by atoms with van der Waals surface area (Å²) in [7, 11) is 0. The molecule has 3 unspecified atom stereocenters. The summed E-state index contributed by atoms with van der Waals surface area (Å²) in [5, 5.41) is 0.542. The second-order valence-electron chi connectivity index (χ2n) is 4.74. The van der Waals surface area contributed by atoms with Crippen LogP contribution in [0, 0.1) is 5.92 Å². The number of nitrogens with two attached hydrogens (primary N) is 1. The van der Waals surface area contributed by atoms with Crippen molar-refractivity contribution < 1.29 is 9.47 Å². The van der Waals surface area contributed by atoms with Crippen LogP contribution in [0.1, 0.15) is 25.5 Å². The van der Waals surface area contributed by atoms with Crippen molar-refractivity contribution in [1.29, 1.82) is 0 Å². The van der Waals surface area contributed by atoms with Crippen LogP contribution in [0.15, 0.2) is 17.0 Å². The molecule has 2 aliphatic rings. The summed E-state index contributed by atoms with van der Waals surface area (Å²) in [5.41, 5.74) is 7.50. The van der Waals surface area contributed by atoms with E-state index in [1.54, 1.807) is 0 Å². The lowest BCUT2D eigenvalue weighted by Crippen LogP contribution is -2.30. The maximum absolute atomic E-state index is 6.30. The summed E-state index contributed by atoms with van der Waals surface area (Å²) in [4.78, 5) is 1.24. The van der Waals surface area contributed by atoms with E-state index in [9.17, 15) is 0 Å². The Labute approximate surface area is 106 Å². The van der Waals surface area contributed by atoms with Crippen molar-refractivity contribution >= 4 is 11.8 Å². The number of thioether (sulfide) groups is 1. The van der Waals surface area contributed by atoms with Crippen molar-refractivity contribution in [3.05, 3.63) is 17.7 Å². The monoisotopic (exact) mass is 251 g/mol. The number of fused-ring (bicyclic) bond motifs is 2. The maximum atomic E-state index is 6.30. The van der Waals surface area contributed by atoms with Crippen LogP contribution in [0.3, 0.4) is 0 Å². The molecule has 2 heterocycles. The van der Waals surface area contributed by atoms with Crippen molar-refractivity contribution in [2.24, 2.45) is 11.7 Å². The van der Waals surface area contributed by atoms with Crippen molar-refractivity contribution in [2.45, 2.75) is 30.0 Å². The smallest absolute Gasteiger partial charge is 0.162 e. The summed E-state index contributed by atoms with van der Waals surface area (Å²) in [5.74, 6) is 2.18. The molecule has 3 atom stereocenters. The fraction of sp³-hybridized carbons (Fsp3) is 0.538. The molecular weight excluding hydrogens is 234 g/mol. The zero-order chi connectivity index (χ0) is 12.0. The predicted molar refractivity (Wildman–Crippen MR) is 68.8 cm³/mol. The van der Waals surface area contributed by atoms with E-state index in [2.05, 4.69) is 26.0 Å². The third-order valence-corrected chi connectivity index (χ3v) is 5.06. The number of ether oxygens (including phenoxy) is 2. The summed E-state index contributed by atoms with van der Waals surface area (Å²) in [6.45, 7) is 5.70. The topological polar surface area (TPSA) is 44.5 Å². The minimum atomic E-state index is 0.0945. The van der Waals surface area contributed by atoms with Gasteiger partial charge in [-0.15, -0.1) is 11.8 Å². The highest BCUT2D eigenvalue weighted by Crippen LogP contribution is 2.47. The molecule has 1 aromatic rings. The number of hydrogen-bond donors (Lipinski definition) is 1. The second-order valence-corrected chi connectivity index (χ2v) is 6.16. The molecule has 17 heavy (non-hydrogen) atoms. The van der Waals surface area contributed by atoms with Gasteiger partial charge >= 0.3 is 0 Å². The standard InChI is InChI=1S/C13H17NO2S/c1-7-8(2)17-12-6-11-10(15-3-4-16-11)5-9(12)13(7)14/h5-8,13H,3-4,14H2,1-2H3. The molecule has 2 N–H and O–H groups in total. The first-order chi connectivity index (χ1) is 8.16. The molecule has 3 nitrogen and oxygen atoms in total. The highest BCUT2D eigenvalue weighted by atomic mass is 32.2. The van der Waals surface area contributed by atoms with E-state index >= 15 is 0 Å². The van der Waals surface area contributed by atoms with Gasteiger partial charge in [0, 0.05) is 16.2 Å². The second kappa shape index (κ2) is 4.10. The molecule has 0 saturated heterocycles. The molecule has 92 valence electrons. The Morgan fingerprint density at radius 1 is 1.18 bits per heavy atom. The first-order valence-corrected chi connectivity index (χ1v) is 6.90. The quantitative estimate of drug-likeness (QED) is 0.769. The lowest BCUT2D eigenvalue weighted by atomic mass is 9.92. The van der Waals surface area contributed by atoms with Crippen LogP contribution >= 0.6 is 11.8 Å². The van der Waals surface area contributed by atoms with E-state index in [1.165, 1.54) is 10.5 Å². The SMILES string of the molecule is CC1Sc2cc3c(cc2C(N)C1C)OCCO3. The fourth-order valence-corrected chi connectivity index (χ4v) is 3.62. The van der Waals surface area contributed by atoms with Crippen LogP contribution in [0.4, 0.5) is 0 Å². The Hall–Kier alpha value is -0.870. The van der Waals surface area contributed by atoms with Crippen LogP contribution < -0.4 is 15.2 Å². The van der Waals surface area contributed by atoms with E-state index in [1.807, 2.05) is 11.8 Å². The van der Waals surface area contributed by atoms with Gasteiger partial charge in [0.1, 0.15) is 13.2 Å². The minimum Gasteiger partial charge on any atom is -0.486 e. The molecule has 4 heteroatoms. The summed E-state index contributed by atoms with van der Waals surface area (Å²) < 4.78 is 11.2. The Balaban J connectivity index is 2.07. The average Bonchev–Trinajstić information content (AvgIpc) is 2.34. The molecule has 0 aromatic heterocycles. The van der Waals surface area contributed by atoms with Crippen LogP contribution in [0.25, 0.3) is 0 Å². The van der Waals surface area contributed by atoms with Gasteiger partial charge in [-0.1, -0.05) is 13.8 Å².